The molecule has 0 saturated carbocycles. The summed E-state index contributed by atoms with van der Waals surface area (Å²) in [7, 11) is 1.53. The Labute approximate surface area is 92.7 Å². The van der Waals surface area contributed by atoms with E-state index in [2.05, 4.69) is 9.97 Å². The minimum Gasteiger partial charge on any atom is -0.492 e. The number of halogens is 1. The predicted octanol–water partition coefficient (Wildman–Crippen LogP) is 2.81. The minimum absolute atomic E-state index is 0.325. The van der Waals surface area contributed by atoms with Crippen molar-refractivity contribution in [1.82, 2.24) is 9.97 Å². The van der Waals surface area contributed by atoms with Gasteiger partial charge in [-0.1, -0.05) is 41.9 Å². The third kappa shape index (κ3) is 2.07. The van der Waals surface area contributed by atoms with Crippen LogP contribution in [0.1, 0.15) is 0 Å². The van der Waals surface area contributed by atoms with Crippen LogP contribution in [0.4, 0.5) is 0 Å². The van der Waals surface area contributed by atoms with Gasteiger partial charge in [0.2, 0.25) is 0 Å². The maximum absolute atomic E-state index is 5.90. The van der Waals surface area contributed by atoms with E-state index in [0.717, 1.165) is 5.56 Å². The van der Waals surface area contributed by atoms with Gasteiger partial charge >= 0.3 is 0 Å². The van der Waals surface area contributed by atoms with Crippen LogP contribution < -0.4 is 4.74 Å². The zero-order valence-electron chi connectivity index (χ0n) is 8.14. The molecule has 15 heavy (non-hydrogen) atoms. The third-order valence-corrected chi connectivity index (χ3v) is 2.23. The summed E-state index contributed by atoms with van der Waals surface area (Å²) in [6, 6.07) is 9.65. The Morgan fingerprint density at radius 2 is 1.93 bits per heavy atom. The van der Waals surface area contributed by atoms with E-state index in [4.69, 9.17) is 16.3 Å². The molecule has 76 valence electrons. The average Bonchev–Trinajstić information content (AvgIpc) is 2.30. The Kier molecular flexibility index (Phi) is 2.83. The minimum atomic E-state index is 0.325. The molecular weight excluding hydrogens is 212 g/mol. The van der Waals surface area contributed by atoms with Crippen LogP contribution >= 0.6 is 11.6 Å². The summed E-state index contributed by atoms with van der Waals surface area (Å²) >= 11 is 5.90. The van der Waals surface area contributed by atoms with Crippen molar-refractivity contribution < 1.29 is 4.74 Å². The van der Waals surface area contributed by atoms with E-state index in [0.29, 0.717) is 16.7 Å². The number of aromatic nitrogens is 2. The number of methoxy groups -OCH3 is 1. The van der Waals surface area contributed by atoms with Crippen LogP contribution in [0.5, 0.6) is 5.75 Å². The molecular formula is C11H9ClN2O. The molecule has 0 amide bonds. The summed E-state index contributed by atoms with van der Waals surface area (Å²) in [6.45, 7) is 0. The lowest BCUT2D eigenvalue weighted by Crippen LogP contribution is -1.92. The first-order chi connectivity index (χ1) is 7.31. The summed E-state index contributed by atoms with van der Waals surface area (Å²) in [5.41, 5.74) is 0.932. The van der Waals surface area contributed by atoms with Gasteiger partial charge in [-0.3, -0.25) is 0 Å². The molecule has 0 fully saturated rings. The lowest BCUT2D eigenvalue weighted by molar-refractivity contribution is 0.411. The van der Waals surface area contributed by atoms with Gasteiger partial charge in [-0.25, -0.2) is 9.97 Å². The smallest absolute Gasteiger partial charge is 0.175 e. The van der Waals surface area contributed by atoms with Crippen molar-refractivity contribution in [2.24, 2.45) is 0 Å². The molecule has 3 nitrogen and oxygen atoms in total. The van der Waals surface area contributed by atoms with Crippen molar-refractivity contribution in [3.63, 3.8) is 0 Å². The lowest BCUT2D eigenvalue weighted by atomic mass is 10.2. The third-order valence-electron chi connectivity index (χ3n) is 1.96. The Hall–Kier alpha value is -1.61. The van der Waals surface area contributed by atoms with E-state index in [1.807, 2.05) is 30.3 Å². The van der Waals surface area contributed by atoms with Crippen LogP contribution in [-0.2, 0) is 0 Å². The summed E-state index contributed by atoms with van der Waals surface area (Å²) < 4.78 is 4.98. The van der Waals surface area contributed by atoms with Crippen LogP contribution in [0.3, 0.4) is 0 Å². The molecule has 1 heterocycles. The van der Waals surface area contributed by atoms with E-state index >= 15 is 0 Å². The summed E-state index contributed by atoms with van der Waals surface area (Å²) in [5.74, 6) is 1.08. The molecule has 0 radical (unpaired) electrons. The highest BCUT2D eigenvalue weighted by Gasteiger charge is 2.05. The molecule has 0 N–H and O–H groups in total. The van der Waals surface area contributed by atoms with Crippen molar-refractivity contribution in [2.75, 3.05) is 7.11 Å². The highest BCUT2D eigenvalue weighted by Crippen LogP contribution is 2.23. The number of benzene rings is 1. The number of hydrogen-bond donors (Lipinski definition) is 0. The number of nitrogens with zero attached hydrogens (tertiary/aromatic N) is 2. The molecule has 0 atom stereocenters. The van der Waals surface area contributed by atoms with Gasteiger partial charge in [0, 0.05) is 5.56 Å². The van der Waals surface area contributed by atoms with E-state index in [1.165, 1.54) is 7.11 Å². The van der Waals surface area contributed by atoms with Crippen molar-refractivity contribution in [2.45, 2.75) is 0 Å². The summed E-state index contributed by atoms with van der Waals surface area (Å²) in [4.78, 5) is 8.30. The lowest BCUT2D eigenvalue weighted by Gasteiger charge is -2.03. The van der Waals surface area contributed by atoms with Crippen LogP contribution in [0.25, 0.3) is 11.4 Å². The number of ether oxygens (including phenoxy) is 1. The monoisotopic (exact) mass is 220 g/mol. The van der Waals surface area contributed by atoms with Crippen molar-refractivity contribution in [3.8, 4) is 17.1 Å². The molecule has 0 aliphatic heterocycles. The van der Waals surface area contributed by atoms with Gasteiger partial charge in [0.15, 0.2) is 16.7 Å². The normalized spacial score (nSPS) is 10.0. The van der Waals surface area contributed by atoms with E-state index in [-0.39, 0.29) is 0 Å². The van der Waals surface area contributed by atoms with Crippen LogP contribution in [0.15, 0.2) is 36.5 Å². The standard InChI is InChI=1S/C11H9ClN2O/c1-15-9-7-13-11(14-10(9)12)8-5-3-2-4-6-8/h2-7H,1H3. The number of hydrogen-bond acceptors (Lipinski definition) is 3. The maximum Gasteiger partial charge on any atom is 0.175 e. The zero-order chi connectivity index (χ0) is 10.7. The van der Waals surface area contributed by atoms with Crippen LogP contribution in [0.2, 0.25) is 5.15 Å². The van der Waals surface area contributed by atoms with Gasteiger partial charge < -0.3 is 4.74 Å². The van der Waals surface area contributed by atoms with Gasteiger partial charge in [0.1, 0.15) is 0 Å². The molecule has 0 aliphatic carbocycles. The van der Waals surface area contributed by atoms with Crippen molar-refractivity contribution >= 4 is 11.6 Å². The molecule has 2 rings (SSSR count). The largest absolute Gasteiger partial charge is 0.492 e. The Bertz CT molecular complexity index is 459. The van der Waals surface area contributed by atoms with E-state index in [1.54, 1.807) is 6.20 Å². The van der Waals surface area contributed by atoms with E-state index in [9.17, 15) is 0 Å². The van der Waals surface area contributed by atoms with Gasteiger partial charge in [0.05, 0.1) is 13.3 Å². The van der Waals surface area contributed by atoms with Crippen molar-refractivity contribution in [1.29, 1.82) is 0 Å². The van der Waals surface area contributed by atoms with Crippen molar-refractivity contribution in [3.05, 3.63) is 41.7 Å². The molecule has 0 aliphatic rings. The highest BCUT2D eigenvalue weighted by molar-refractivity contribution is 6.30. The molecule has 1 aromatic heterocycles. The second kappa shape index (κ2) is 4.28. The van der Waals surface area contributed by atoms with Gasteiger partial charge in [-0.15, -0.1) is 0 Å². The molecule has 0 unspecified atom stereocenters. The molecule has 0 saturated heterocycles. The Morgan fingerprint density at radius 1 is 1.20 bits per heavy atom. The van der Waals surface area contributed by atoms with Gasteiger partial charge in [-0.2, -0.15) is 0 Å². The first kappa shape index (κ1) is 9.93. The maximum atomic E-state index is 5.90. The molecule has 4 heteroatoms. The first-order valence-electron chi connectivity index (χ1n) is 4.43. The van der Waals surface area contributed by atoms with Gasteiger partial charge in [-0.05, 0) is 0 Å². The molecule has 0 spiro atoms. The molecule has 2 aromatic rings. The summed E-state index contributed by atoms with van der Waals surface area (Å²) in [5, 5.41) is 0.325. The fourth-order valence-electron chi connectivity index (χ4n) is 1.21. The SMILES string of the molecule is COc1cnc(-c2ccccc2)nc1Cl. The first-order valence-corrected chi connectivity index (χ1v) is 4.81. The predicted molar refractivity (Wildman–Crippen MR) is 59.0 cm³/mol. The summed E-state index contributed by atoms with van der Waals surface area (Å²) in [6.07, 6.45) is 1.57. The Balaban J connectivity index is 2.43. The molecule has 0 bridgehead atoms. The zero-order valence-corrected chi connectivity index (χ0v) is 8.90. The quantitative estimate of drug-likeness (QED) is 0.730. The van der Waals surface area contributed by atoms with E-state index < -0.39 is 0 Å². The van der Waals surface area contributed by atoms with Crippen LogP contribution in [0, 0.1) is 0 Å². The Morgan fingerprint density at radius 3 is 2.53 bits per heavy atom. The van der Waals surface area contributed by atoms with Crippen LogP contribution in [-0.4, -0.2) is 17.1 Å². The topological polar surface area (TPSA) is 35.0 Å². The number of rotatable bonds is 2. The fourth-order valence-corrected chi connectivity index (χ4v) is 1.42. The fraction of sp³-hybridized carbons (Fsp3) is 0.0909. The van der Waals surface area contributed by atoms with Gasteiger partial charge in [0.25, 0.3) is 0 Å². The highest BCUT2D eigenvalue weighted by atomic mass is 35.5. The molecule has 1 aromatic carbocycles. The average molecular weight is 221 g/mol. The second-order valence-corrected chi connectivity index (χ2v) is 3.28. The second-order valence-electron chi connectivity index (χ2n) is 2.92.